The minimum atomic E-state index is 0.690. The highest BCUT2D eigenvalue weighted by Gasteiger charge is 2.17. The second-order valence-corrected chi connectivity index (χ2v) is 12.7. The summed E-state index contributed by atoms with van der Waals surface area (Å²) in [6, 6.07) is 65.4. The number of para-hydroxylation sites is 2. The summed E-state index contributed by atoms with van der Waals surface area (Å²) in [4.78, 5) is 5.06. The van der Waals surface area contributed by atoms with E-state index in [0.717, 1.165) is 22.8 Å². The van der Waals surface area contributed by atoms with Crippen molar-refractivity contribution >= 4 is 49.5 Å². The van der Waals surface area contributed by atoms with Gasteiger partial charge in [0.05, 0.1) is 17.1 Å². The van der Waals surface area contributed by atoms with Crippen molar-refractivity contribution in [3.8, 4) is 33.5 Å². The molecule has 0 saturated heterocycles. The molecule has 0 atom stereocenters. The molecule has 9 aromatic rings. The number of anilines is 3. The van der Waals surface area contributed by atoms with E-state index < -0.39 is 0 Å². The number of nitrogens with zero attached hydrogens (tertiary/aromatic N) is 1. The number of nitrogens with one attached hydrogen (secondary N) is 1. The average molecular weight is 656 g/mol. The number of hydrogen-bond acceptors (Lipinski definition) is 3. The highest BCUT2D eigenvalue weighted by atomic mass is 15.0. The second kappa shape index (κ2) is 14.0. The third-order valence-electron chi connectivity index (χ3n) is 9.43. The van der Waals surface area contributed by atoms with Gasteiger partial charge in [-0.15, -0.1) is 0 Å². The van der Waals surface area contributed by atoms with Crippen LogP contribution in [0.5, 0.6) is 0 Å². The van der Waals surface area contributed by atoms with Crippen LogP contribution in [0.25, 0.3) is 65.8 Å². The van der Waals surface area contributed by atoms with Crippen molar-refractivity contribution < 1.29 is 0 Å². The Balaban J connectivity index is 0.000000242. The Kier molecular flexibility index (Phi) is 8.68. The monoisotopic (exact) mass is 655 g/mol. The fraction of sp³-hybridized carbons (Fsp3) is 0.0208. The van der Waals surface area contributed by atoms with Gasteiger partial charge in [0.15, 0.2) is 0 Å². The fourth-order valence-corrected chi connectivity index (χ4v) is 6.97. The Labute approximate surface area is 298 Å². The van der Waals surface area contributed by atoms with E-state index in [4.69, 9.17) is 10.7 Å². The lowest BCUT2D eigenvalue weighted by molar-refractivity contribution is 1.32. The SMILES string of the molecule is Cc1ccccc1-c1ccccc1.Nc1ccccc1Nc1cccc(-c2c3ccccc3c(-c3ccc4ccccc4c3)c3ccccc23)n1. The number of benzene rings is 8. The molecule has 0 bridgehead atoms. The van der Waals surface area contributed by atoms with Crippen LogP contribution >= 0.6 is 0 Å². The highest BCUT2D eigenvalue weighted by Crippen LogP contribution is 2.43. The number of pyridine rings is 1. The van der Waals surface area contributed by atoms with E-state index in [-0.39, 0.29) is 0 Å². The summed E-state index contributed by atoms with van der Waals surface area (Å²) in [5.41, 5.74) is 16.2. The van der Waals surface area contributed by atoms with Crippen molar-refractivity contribution in [3.05, 3.63) is 194 Å². The quantitative estimate of drug-likeness (QED) is 0.143. The fourth-order valence-electron chi connectivity index (χ4n) is 6.97. The number of aromatic nitrogens is 1. The Morgan fingerprint density at radius 2 is 1.04 bits per heavy atom. The molecule has 0 amide bonds. The molecule has 3 nitrogen and oxygen atoms in total. The van der Waals surface area contributed by atoms with Gasteiger partial charge >= 0.3 is 0 Å². The van der Waals surface area contributed by atoms with Gasteiger partial charge < -0.3 is 11.1 Å². The molecule has 0 unspecified atom stereocenters. The van der Waals surface area contributed by atoms with Gasteiger partial charge in [-0.3, -0.25) is 0 Å². The van der Waals surface area contributed by atoms with Crippen LogP contribution in [0, 0.1) is 6.92 Å². The Morgan fingerprint density at radius 1 is 0.451 bits per heavy atom. The van der Waals surface area contributed by atoms with Gasteiger partial charge in [-0.1, -0.05) is 158 Å². The number of fused-ring (bicyclic) bond motifs is 3. The molecule has 9 rings (SSSR count). The standard InChI is InChI=1S/C35H25N3.C13H12/c36-30-16-7-8-17-31(30)37-33-19-9-18-32(38-33)35-28-14-5-3-12-26(28)34(27-13-4-6-15-29(27)35)25-21-20-23-10-1-2-11-24(23)22-25;1-11-7-5-6-10-13(11)12-8-3-2-4-9-12/h1-22H,36H2,(H,37,38);2-10H,1H3. The summed E-state index contributed by atoms with van der Waals surface area (Å²) in [6.07, 6.45) is 0. The zero-order valence-corrected chi connectivity index (χ0v) is 28.4. The van der Waals surface area contributed by atoms with Crippen LogP contribution in [-0.2, 0) is 0 Å². The summed E-state index contributed by atoms with van der Waals surface area (Å²) >= 11 is 0. The smallest absolute Gasteiger partial charge is 0.131 e. The molecule has 0 radical (unpaired) electrons. The molecule has 51 heavy (non-hydrogen) atoms. The molecule has 0 aliphatic carbocycles. The maximum absolute atomic E-state index is 6.18. The Morgan fingerprint density at radius 3 is 1.75 bits per heavy atom. The van der Waals surface area contributed by atoms with E-state index in [1.165, 1.54) is 60.1 Å². The third kappa shape index (κ3) is 6.41. The van der Waals surface area contributed by atoms with Crippen molar-refractivity contribution in [2.75, 3.05) is 11.1 Å². The molecule has 3 N–H and O–H groups in total. The molecule has 244 valence electrons. The molecular weight excluding hydrogens is 619 g/mol. The predicted octanol–water partition coefficient (Wildman–Crippen LogP) is 12.9. The van der Waals surface area contributed by atoms with Gasteiger partial charge in [-0.2, -0.15) is 0 Å². The van der Waals surface area contributed by atoms with Crippen LogP contribution in [0.4, 0.5) is 17.2 Å². The van der Waals surface area contributed by atoms with Gasteiger partial charge in [0.1, 0.15) is 5.82 Å². The first-order valence-electron chi connectivity index (χ1n) is 17.3. The lowest BCUT2D eigenvalue weighted by Gasteiger charge is -2.18. The molecule has 1 aromatic heterocycles. The number of nitrogens with two attached hydrogens (primary N) is 1. The maximum Gasteiger partial charge on any atom is 0.131 e. The lowest BCUT2D eigenvalue weighted by Crippen LogP contribution is -1.99. The van der Waals surface area contributed by atoms with Crippen molar-refractivity contribution in [2.24, 2.45) is 0 Å². The summed E-state index contributed by atoms with van der Waals surface area (Å²) in [5, 5.41) is 10.7. The molecule has 0 aliphatic heterocycles. The summed E-state index contributed by atoms with van der Waals surface area (Å²) in [7, 11) is 0. The Hall–Kier alpha value is -6.71. The van der Waals surface area contributed by atoms with E-state index in [0.29, 0.717) is 5.69 Å². The first-order chi connectivity index (χ1) is 25.1. The van der Waals surface area contributed by atoms with E-state index in [9.17, 15) is 0 Å². The molecule has 0 spiro atoms. The van der Waals surface area contributed by atoms with Crippen LogP contribution in [0.15, 0.2) is 188 Å². The van der Waals surface area contributed by atoms with Gasteiger partial charge in [-0.25, -0.2) is 4.98 Å². The van der Waals surface area contributed by atoms with Crippen LogP contribution in [0.1, 0.15) is 5.56 Å². The lowest BCUT2D eigenvalue weighted by atomic mass is 9.87. The molecule has 0 fully saturated rings. The predicted molar refractivity (Wildman–Crippen MR) is 218 cm³/mol. The minimum Gasteiger partial charge on any atom is -0.397 e. The minimum absolute atomic E-state index is 0.690. The van der Waals surface area contributed by atoms with Crippen LogP contribution in [0.2, 0.25) is 0 Å². The average Bonchev–Trinajstić information content (AvgIpc) is 3.18. The molecule has 8 aromatic carbocycles. The zero-order valence-electron chi connectivity index (χ0n) is 28.4. The molecule has 0 aliphatic rings. The van der Waals surface area contributed by atoms with E-state index in [1.54, 1.807) is 0 Å². The highest BCUT2D eigenvalue weighted by molar-refractivity contribution is 6.21. The molecule has 1 heterocycles. The van der Waals surface area contributed by atoms with Gasteiger partial charge in [0.25, 0.3) is 0 Å². The number of aryl methyl sites for hydroxylation is 1. The van der Waals surface area contributed by atoms with Crippen molar-refractivity contribution in [2.45, 2.75) is 6.92 Å². The zero-order chi connectivity index (χ0) is 34.6. The van der Waals surface area contributed by atoms with E-state index in [2.05, 4.69) is 158 Å². The van der Waals surface area contributed by atoms with Gasteiger partial charge in [-0.05, 0) is 97.4 Å². The van der Waals surface area contributed by atoms with E-state index >= 15 is 0 Å². The van der Waals surface area contributed by atoms with Crippen LogP contribution < -0.4 is 11.1 Å². The van der Waals surface area contributed by atoms with Crippen molar-refractivity contribution in [1.29, 1.82) is 0 Å². The number of nitrogen functional groups attached to an aromatic ring is 1. The van der Waals surface area contributed by atoms with Crippen LogP contribution in [0.3, 0.4) is 0 Å². The van der Waals surface area contributed by atoms with Gasteiger partial charge in [0, 0.05) is 5.56 Å². The van der Waals surface area contributed by atoms with Crippen molar-refractivity contribution in [3.63, 3.8) is 0 Å². The maximum atomic E-state index is 6.18. The first kappa shape index (κ1) is 31.6. The number of hydrogen-bond donors (Lipinski definition) is 2. The van der Waals surface area contributed by atoms with Gasteiger partial charge in [0.2, 0.25) is 0 Å². The summed E-state index contributed by atoms with van der Waals surface area (Å²) < 4.78 is 0. The molecule has 0 saturated carbocycles. The summed E-state index contributed by atoms with van der Waals surface area (Å²) in [5.74, 6) is 0.757. The first-order valence-corrected chi connectivity index (χ1v) is 17.3. The van der Waals surface area contributed by atoms with E-state index in [1.807, 2.05) is 42.5 Å². The molecular formula is C48H37N3. The number of rotatable bonds is 5. The van der Waals surface area contributed by atoms with Crippen molar-refractivity contribution in [1.82, 2.24) is 4.98 Å². The normalized spacial score (nSPS) is 10.9. The Bertz CT molecular complexity index is 2590. The second-order valence-electron chi connectivity index (χ2n) is 12.7. The summed E-state index contributed by atoms with van der Waals surface area (Å²) in [6.45, 7) is 2.14. The third-order valence-corrected chi connectivity index (χ3v) is 9.43. The molecule has 3 heteroatoms. The largest absolute Gasteiger partial charge is 0.397 e. The van der Waals surface area contributed by atoms with Crippen LogP contribution in [-0.4, -0.2) is 4.98 Å². The topological polar surface area (TPSA) is 50.9 Å².